The summed E-state index contributed by atoms with van der Waals surface area (Å²) in [6.07, 6.45) is 9.70. The van der Waals surface area contributed by atoms with Crippen LogP contribution in [0, 0.1) is 37.0 Å². The maximum absolute atomic E-state index is 12.8. The Balaban J connectivity index is 1.37. The Bertz CT molecular complexity index is 1410. The molecule has 0 unspecified atom stereocenters. The third kappa shape index (κ3) is 6.28. The maximum Gasteiger partial charge on any atom is 0.337 e. The fraction of sp³-hybridized carbons (Fsp3) is 0.622. The quantitative estimate of drug-likeness (QED) is 0.340. The fourth-order valence-corrected chi connectivity index (χ4v) is 8.11. The highest BCUT2D eigenvalue weighted by atomic mass is 16.5. The van der Waals surface area contributed by atoms with Crippen molar-refractivity contribution in [2.24, 2.45) is 23.2 Å². The summed E-state index contributed by atoms with van der Waals surface area (Å²) in [6, 6.07) is 6.94. The molecular weight excluding hydrogens is 534 g/mol. The van der Waals surface area contributed by atoms with Gasteiger partial charge in [-0.15, -0.1) is 0 Å². The van der Waals surface area contributed by atoms with Gasteiger partial charge in [0.2, 0.25) is 0 Å². The van der Waals surface area contributed by atoms with Crippen LogP contribution in [-0.2, 0) is 22.5 Å². The predicted octanol–water partition coefficient (Wildman–Crippen LogP) is 7.50. The Labute approximate surface area is 258 Å². The number of allylic oxidation sites excluding steroid dienone is 2. The molecule has 1 aromatic carbocycles. The Morgan fingerprint density at radius 3 is 2.44 bits per heavy atom. The molecule has 0 spiro atoms. The summed E-state index contributed by atoms with van der Waals surface area (Å²) >= 11 is 0. The molecule has 2 aromatic rings. The number of ether oxygens (including phenoxy) is 1. The monoisotopic (exact) mass is 585 g/mol. The van der Waals surface area contributed by atoms with Crippen LogP contribution in [0.2, 0.25) is 0 Å². The van der Waals surface area contributed by atoms with E-state index in [0.29, 0.717) is 5.56 Å². The Hall–Kier alpha value is -2.70. The van der Waals surface area contributed by atoms with Crippen molar-refractivity contribution < 1.29 is 14.6 Å². The highest BCUT2D eigenvalue weighted by Crippen LogP contribution is 2.46. The van der Waals surface area contributed by atoms with Gasteiger partial charge in [0.1, 0.15) is 0 Å². The average Bonchev–Trinajstić information content (AvgIpc) is 3.54. The van der Waals surface area contributed by atoms with Crippen molar-refractivity contribution >= 4 is 11.7 Å². The number of hydrogen-bond acceptors (Lipinski definition) is 5. The van der Waals surface area contributed by atoms with Crippen LogP contribution in [0.5, 0.6) is 0 Å². The summed E-state index contributed by atoms with van der Waals surface area (Å²) < 4.78 is 6.27. The lowest BCUT2D eigenvalue weighted by molar-refractivity contribution is -0.160. The van der Waals surface area contributed by atoms with Gasteiger partial charge in [-0.3, -0.25) is 9.88 Å². The molecular formula is C37H51N3O3. The zero-order valence-electron chi connectivity index (χ0n) is 27.4. The first-order valence-electron chi connectivity index (χ1n) is 16.5. The zero-order valence-corrected chi connectivity index (χ0v) is 27.4. The van der Waals surface area contributed by atoms with E-state index in [1.54, 1.807) is 0 Å². The van der Waals surface area contributed by atoms with Gasteiger partial charge < -0.3 is 14.7 Å². The number of piperidine rings is 1. The van der Waals surface area contributed by atoms with Crippen LogP contribution >= 0.6 is 0 Å². The first-order valence-corrected chi connectivity index (χ1v) is 16.5. The summed E-state index contributed by atoms with van der Waals surface area (Å²) in [5.41, 5.74) is 8.07. The number of carbonyl (C=O) groups is 1. The van der Waals surface area contributed by atoms with E-state index in [1.807, 2.05) is 27.7 Å². The molecule has 0 radical (unpaired) electrons. The van der Waals surface area contributed by atoms with Gasteiger partial charge in [-0.1, -0.05) is 44.2 Å². The average molecular weight is 586 g/mol. The van der Waals surface area contributed by atoms with Crippen molar-refractivity contribution in [3.63, 3.8) is 0 Å². The molecule has 1 aromatic heterocycles. The van der Waals surface area contributed by atoms with Crippen LogP contribution < -0.4 is 4.90 Å². The fourth-order valence-electron chi connectivity index (χ4n) is 8.11. The van der Waals surface area contributed by atoms with Crippen molar-refractivity contribution in [1.29, 1.82) is 0 Å². The van der Waals surface area contributed by atoms with Gasteiger partial charge in [0.25, 0.3) is 0 Å². The van der Waals surface area contributed by atoms with E-state index >= 15 is 0 Å². The lowest BCUT2D eigenvalue weighted by Gasteiger charge is -2.41. The number of carboxylic acid groups (broad SMARTS) is 1. The van der Waals surface area contributed by atoms with Crippen molar-refractivity contribution in [3.05, 3.63) is 58.4 Å². The van der Waals surface area contributed by atoms with E-state index in [9.17, 15) is 9.90 Å². The van der Waals surface area contributed by atoms with Gasteiger partial charge >= 0.3 is 5.97 Å². The highest BCUT2D eigenvalue weighted by Gasteiger charge is 2.38. The summed E-state index contributed by atoms with van der Waals surface area (Å²) in [7, 11) is 0. The number of benzene rings is 1. The minimum absolute atomic E-state index is 0.272. The molecule has 2 fully saturated rings. The smallest absolute Gasteiger partial charge is 0.337 e. The largest absolute Gasteiger partial charge is 0.479 e. The second kappa shape index (κ2) is 11.3. The van der Waals surface area contributed by atoms with Gasteiger partial charge in [0.15, 0.2) is 6.10 Å². The van der Waals surface area contributed by atoms with E-state index in [1.165, 1.54) is 30.5 Å². The Kier molecular flexibility index (Phi) is 8.00. The topological polar surface area (TPSA) is 65.9 Å². The molecule has 6 nitrogen and oxygen atoms in total. The van der Waals surface area contributed by atoms with E-state index in [2.05, 4.69) is 60.9 Å². The first kappa shape index (κ1) is 30.3. The van der Waals surface area contributed by atoms with Gasteiger partial charge in [-0.2, -0.15) is 0 Å². The van der Waals surface area contributed by atoms with Crippen molar-refractivity contribution in [1.82, 2.24) is 9.88 Å². The summed E-state index contributed by atoms with van der Waals surface area (Å²) in [4.78, 5) is 22.9. The van der Waals surface area contributed by atoms with Crippen molar-refractivity contribution in [2.45, 2.75) is 98.8 Å². The van der Waals surface area contributed by atoms with Crippen LogP contribution in [0.3, 0.4) is 0 Å². The molecule has 1 saturated carbocycles. The normalized spacial score (nSPS) is 25.7. The number of aliphatic carboxylic acids is 1. The van der Waals surface area contributed by atoms with Gasteiger partial charge in [0.05, 0.1) is 11.3 Å². The van der Waals surface area contributed by atoms with Crippen LogP contribution in [0.15, 0.2) is 30.4 Å². The number of rotatable bonds is 7. The van der Waals surface area contributed by atoms with E-state index in [0.717, 1.165) is 91.4 Å². The molecule has 3 heterocycles. The van der Waals surface area contributed by atoms with E-state index in [-0.39, 0.29) is 5.41 Å². The first-order chi connectivity index (χ1) is 20.3. The minimum atomic E-state index is -1.09. The second-order valence-electron chi connectivity index (χ2n) is 15.5. The molecule has 2 bridgehead atoms. The van der Waals surface area contributed by atoms with Crippen molar-refractivity contribution in [2.75, 3.05) is 31.1 Å². The van der Waals surface area contributed by atoms with Crippen LogP contribution in [0.25, 0.3) is 11.1 Å². The van der Waals surface area contributed by atoms with Gasteiger partial charge in [0, 0.05) is 55.2 Å². The zero-order chi connectivity index (χ0) is 30.7. The summed E-state index contributed by atoms with van der Waals surface area (Å²) in [5, 5.41) is 10.5. The number of carboxylic acids is 1. The minimum Gasteiger partial charge on any atom is -0.479 e. The molecule has 232 valence electrons. The molecule has 1 saturated heterocycles. The third-order valence-electron chi connectivity index (χ3n) is 10.5. The second-order valence-corrected chi connectivity index (χ2v) is 15.5. The van der Waals surface area contributed by atoms with Crippen LogP contribution in [0.1, 0.15) is 94.5 Å². The Morgan fingerprint density at radius 2 is 1.81 bits per heavy atom. The molecule has 2 aliphatic carbocycles. The number of aryl methyl sites for hydroxylation is 2. The molecule has 43 heavy (non-hydrogen) atoms. The number of hydrogen-bond donors (Lipinski definition) is 1. The molecule has 6 rings (SSSR count). The lowest BCUT2D eigenvalue weighted by atomic mass is 9.81. The highest BCUT2D eigenvalue weighted by molar-refractivity contribution is 5.88. The number of nitrogens with zero attached hydrogens (tertiary/aromatic N) is 3. The summed E-state index contributed by atoms with van der Waals surface area (Å²) in [6.45, 7) is 19.5. The van der Waals surface area contributed by atoms with Crippen molar-refractivity contribution in [3.8, 4) is 11.1 Å². The number of anilines is 1. The molecule has 4 aliphatic rings. The number of pyridine rings is 1. The molecule has 1 N–H and O–H groups in total. The molecule has 0 amide bonds. The van der Waals surface area contributed by atoms with E-state index in [4.69, 9.17) is 9.72 Å². The molecule has 2 aliphatic heterocycles. The van der Waals surface area contributed by atoms with Crippen LogP contribution in [0.4, 0.5) is 5.69 Å². The maximum atomic E-state index is 12.8. The molecule has 6 heteroatoms. The van der Waals surface area contributed by atoms with Gasteiger partial charge in [-0.05, 0) is 107 Å². The SMILES string of the molecule is Cc1nc(C)c([C@H](OC(C)(C)C)C(=O)O)c(N2CCC(C)(C)CC2)c1-c1ccc2c(c1)CCN(C[C@@H]1C[C@@H]3C=C[C@H]1C3)C2. The molecule has 4 atom stereocenters. The summed E-state index contributed by atoms with van der Waals surface area (Å²) in [5.74, 6) is 1.45. The third-order valence-corrected chi connectivity index (χ3v) is 10.5. The predicted molar refractivity (Wildman–Crippen MR) is 173 cm³/mol. The van der Waals surface area contributed by atoms with Crippen LogP contribution in [-0.4, -0.2) is 52.7 Å². The lowest BCUT2D eigenvalue weighted by Crippen LogP contribution is -2.39. The number of aromatic nitrogens is 1. The van der Waals surface area contributed by atoms with Gasteiger partial charge in [-0.25, -0.2) is 4.79 Å². The Morgan fingerprint density at radius 1 is 1.07 bits per heavy atom. The van der Waals surface area contributed by atoms with E-state index < -0.39 is 17.7 Å². The standard InChI is InChI=1S/C37H51N3O3/c1-23-31(28-10-11-29-21-39(15-12-27(29)20-28)22-30-19-25-8-9-26(30)18-25)33(40-16-13-37(6,7)14-17-40)32(24(2)38-23)34(35(41)42)43-36(3,4)5/h8-11,20,25-26,30,34H,12-19,21-22H2,1-7H3,(H,41,42)/t25-,26+,30+,34+/m1/s1. The number of fused-ring (bicyclic) bond motifs is 3.